The lowest BCUT2D eigenvalue weighted by atomic mass is 9.84. The number of hydrogen-bond acceptors (Lipinski definition) is 4. The van der Waals surface area contributed by atoms with Gasteiger partial charge in [0.25, 0.3) is 0 Å². The minimum Gasteiger partial charge on any atom is -0.480 e. The molecule has 0 saturated carbocycles. The third-order valence-electron chi connectivity index (χ3n) is 5.69. The van der Waals surface area contributed by atoms with Crippen molar-refractivity contribution in [2.24, 2.45) is 0 Å². The Bertz CT molecular complexity index is 1330. The van der Waals surface area contributed by atoms with Crippen molar-refractivity contribution in [3.05, 3.63) is 112 Å². The number of aromatic nitrogens is 3. The Morgan fingerprint density at radius 1 is 0.968 bits per heavy atom. The number of anilines is 1. The zero-order valence-corrected chi connectivity index (χ0v) is 16.9. The molecule has 31 heavy (non-hydrogen) atoms. The van der Waals surface area contributed by atoms with Crippen molar-refractivity contribution in [1.82, 2.24) is 14.8 Å². The molecule has 0 fully saturated rings. The molecular formula is C24H16ClFN4O. The molecule has 0 unspecified atom stereocenters. The fraction of sp³-hybridized carbons (Fsp3) is 0.0833. The minimum atomic E-state index is -0.460. The van der Waals surface area contributed by atoms with Gasteiger partial charge in [-0.2, -0.15) is 10.1 Å². The van der Waals surface area contributed by atoms with E-state index in [4.69, 9.17) is 16.3 Å². The molecule has 0 spiro atoms. The van der Waals surface area contributed by atoms with Crippen LogP contribution in [0.4, 0.5) is 10.3 Å². The SMILES string of the molecule is Fc1ccc([C@H]2C3=C(Nc4ncnn42)c2ccccc2O[C@@H]3c2ccccc2Cl)cc1. The summed E-state index contributed by atoms with van der Waals surface area (Å²) in [6, 6.07) is 21.6. The Kier molecular flexibility index (Phi) is 4.07. The van der Waals surface area contributed by atoms with Gasteiger partial charge in [-0.15, -0.1) is 0 Å². The molecular weight excluding hydrogens is 415 g/mol. The number of para-hydroxylation sites is 1. The molecule has 0 saturated heterocycles. The Labute approximate surface area is 182 Å². The van der Waals surface area contributed by atoms with E-state index in [2.05, 4.69) is 15.4 Å². The summed E-state index contributed by atoms with van der Waals surface area (Å²) in [6.07, 6.45) is 1.05. The largest absolute Gasteiger partial charge is 0.480 e. The van der Waals surface area contributed by atoms with Crippen LogP contribution in [-0.2, 0) is 0 Å². The number of fused-ring (bicyclic) bond motifs is 3. The molecule has 2 aliphatic heterocycles. The van der Waals surface area contributed by atoms with E-state index in [-0.39, 0.29) is 11.9 Å². The molecule has 1 aromatic heterocycles. The van der Waals surface area contributed by atoms with E-state index < -0.39 is 6.10 Å². The standard InChI is InChI=1S/C24H16ClFN4O/c25-18-7-3-1-5-16(18)23-20-21(17-6-2-4-8-19(17)31-23)29-24-27-13-28-30(24)22(20)14-9-11-15(26)12-10-14/h1-13,22-23H,(H,27,28,29)/t22-,23+/m0/s1. The van der Waals surface area contributed by atoms with Gasteiger partial charge in [-0.3, -0.25) is 0 Å². The van der Waals surface area contributed by atoms with Crippen LogP contribution in [0.15, 0.2) is 84.7 Å². The van der Waals surface area contributed by atoms with E-state index in [1.54, 1.807) is 16.8 Å². The molecule has 1 N–H and O–H groups in total. The summed E-state index contributed by atoms with van der Waals surface area (Å²) in [6.45, 7) is 0. The summed E-state index contributed by atoms with van der Waals surface area (Å²) < 4.78 is 22.0. The lowest BCUT2D eigenvalue weighted by molar-refractivity contribution is 0.223. The second kappa shape index (κ2) is 6.96. The summed E-state index contributed by atoms with van der Waals surface area (Å²) >= 11 is 6.60. The van der Waals surface area contributed by atoms with Gasteiger partial charge in [0.05, 0.1) is 5.70 Å². The number of halogens is 2. The molecule has 2 aliphatic rings. The van der Waals surface area contributed by atoms with Crippen molar-refractivity contribution < 1.29 is 9.13 Å². The molecule has 7 heteroatoms. The second-order valence-electron chi connectivity index (χ2n) is 7.45. The quantitative estimate of drug-likeness (QED) is 0.447. The van der Waals surface area contributed by atoms with E-state index in [0.717, 1.165) is 33.7 Å². The Hall–Kier alpha value is -3.64. The van der Waals surface area contributed by atoms with Crippen LogP contribution in [0.2, 0.25) is 5.02 Å². The van der Waals surface area contributed by atoms with Crippen LogP contribution in [0.5, 0.6) is 5.75 Å². The molecule has 0 aliphatic carbocycles. The fourth-order valence-electron chi connectivity index (χ4n) is 4.33. The maximum absolute atomic E-state index is 13.7. The van der Waals surface area contributed by atoms with Gasteiger partial charge in [-0.25, -0.2) is 9.07 Å². The molecule has 3 aromatic carbocycles. The topological polar surface area (TPSA) is 52.0 Å². The zero-order valence-electron chi connectivity index (χ0n) is 16.2. The first-order valence-corrected chi connectivity index (χ1v) is 10.2. The number of nitrogens with one attached hydrogen (secondary N) is 1. The van der Waals surface area contributed by atoms with Crippen molar-refractivity contribution in [2.45, 2.75) is 12.1 Å². The number of ether oxygens (including phenoxy) is 1. The first-order valence-electron chi connectivity index (χ1n) is 9.87. The van der Waals surface area contributed by atoms with Crippen LogP contribution < -0.4 is 10.1 Å². The van der Waals surface area contributed by atoms with Gasteiger partial charge < -0.3 is 10.1 Å². The smallest absolute Gasteiger partial charge is 0.226 e. The molecule has 3 heterocycles. The van der Waals surface area contributed by atoms with Crippen LogP contribution in [-0.4, -0.2) is 14.8 Å². The number of nitrogens with zero attached hydrogens (tertiary/aromatic N) is 3. The van der Waals surface area contributed by atoms with Gasteiger partial charge in [-0.1, -0.05) is 54.1 Å². The summed E-state index contributed by atoms with van der Waals surface area (Å²) in [5.41, 5.74) is 4.51. The third-order valence-corrected chi connectivity index (χ3v) is 6.04. The Balaban J connectivity index is 1.65. The molecule has 0 amide bonds. The monoisotopic (exact) mass is 430 g/mol. The highest BCUT2D eigenvalue weighted by Gasteiger charge is 2.41. The molecule has 152 valence electrons. The highest BCUT2D eigenvalue weighted by molar-refractivity contribution is 6.31. The average molecular weight is 431 g/mol. The maximum Gasteiger partial charge on any atom is 0.226 e. The number of hydrogen-bond donors (Lipinski definition) is 1. The van der Waals surface area contributed by atoms with Crippen LogP contribution in [0.1, 0.15) is 28.8 Å². The predicted octanol–water partition coefficient (Wildman–Crippen LogP) is 5.63. The molecule has 6 rings (SSSR count). The number of rotatable bonds is 2. The van der Waals surface area contributed by atoms with Crippen molar-refractivity contribution in [3.8, 4) is 5.75 Å². The highest BCUT2D eigenvalue weighted by Crippen LogP contribution is 2.51. The van der Waals surface area contributed by atoms with E-state index >= 15 is 0 Å². The van der Waals surface area contributed by atoms with Crippen LogP contribution in [0, 0.1) is 5.82 Å². The Morgan fingerprint density at radius 2 is 1.74 bits per heavy atom. The lowest BCUT2D eigenvalue weighted by Gasteiger charge is -2.39. The van der Waals surface area contributed by atoms with Gasteiger partial charge >= 0.3 is 0 Å². The third kappa shape index (κ3) is 2.83. The maximum atomic E-state index is 13.7. The van der Waals surface area contributed by atoms with Gasteiger partial charge in [0.15, 0.2) is 6.10 Å². The van der Waals surface area contributed by atoms with Gasteiger partial charge in [0.2, 0.25) is 5.95 Å². The summed E-state index contributed by atoms with van der Waals surface area (Å²) in [4.78, 5) is 4.39. The summed E-state index contributed by atoms with van der Waals surface area (Å²) in [5.74, 6) is 1.07. The van der Waals surface area contributed by atoms with Crippen molar-refractivity contribution in [2.75, 3.05) is 5.32 Å². The summed E-state index contributed by atoms with van der Waals surface area (Å²) in [7, 11) is 0. The number of benzene rings is 3. The highest BCUT2D eigenvalue weighted by atomic mass is 35.5. The molecule has 2 atom stereocenters. The summed E-state index contributed by atoms with van der Waals surface area (Å²) in [5, 5.41) is 8.51. The first-order chi connectivity index (χ1) is 15.2. The first kappa shape index (κ1) is 18.2. The van der Waals surface area contributed by atoms with E-state index in [0.29, 0.717) is 11.0 Å². The zero-order chi connectivity index (χ0) is 20.9. The van der Waals surface area contributed by atoms with Crippen molar-refractivity contribution in [3.63, 3.8) is 0 Å². The van der Waals surface area contributed by atoms with Crippen molar-refractivity contribution in [1.29, 1.82) is 0 Å². The van der Waals surface area contributed by atoms with Crippen LogP contribution in [0.3, 0.4) is 0 Å². The normalized spacial score (nSPS) is 19.0. The predicted molar refractivity (Wildman–Crippen MR) is 116 cm³/mol. The van der Waals surface area contributed by atoms with Gasteiger partial charge in [0.1, 0.15) is 23.9 Å². The van der Waals surface area contributed by atoms with Gasteiger partial charge in [0, 0.05) is 21.7 Å². The van der Waals surface area contributed by atoms with Crippen LogP contribution >= 0.6 is 11.6 Å². The molecule has 0 radical (unpaired) electrons. The Morgan fingerprint density at radius 3 is 2.58 bits per heavy atom. The minimum absolute atomic E-state index is 0.293. The second-order valence-corrected chi connectivity index (χ2v) is 7.86. The van der Waals surface area contributed by atoms with E-state index in [9.17, 15) is 4.39 Å². The van der Waals surface area contributed by atoms with E-state index in [1.807, 2.05) is 48.5 Å². The van der Waals surface area contributed by atoms with Crippen molar-refractivity contribution >= 4 is 23.2 Å². The fourth-order valence-corrected chi connectivity index (χ4v) is 4.56. The van der Waals surface area contributed by atoms with Gasteiger partial charge in [-0.05, 0) is 35.9 Å². The molecule has 5 nitrogen and oxygen atoms in total. The molecule has 0 bridgehead atoms. The molecule has 4 aromatic rings. The average Bonchev–Trinajstić information content (AvgIpc) is 3.27. The lowest BCUT2D eigenvalue weighted by Crippen LogP contribution is -2.32. The van der Waals surface area contributed by atoms with E-state index in [1.165, 1.54) is 18.5 Å². The van der Waals surface area contributed by atoms with Crippen LogP contribution in [0.25, 0.3) is 5.70 Å².